The van der Waals surface area contributed by atoms with E-state index in [0.717, 1.165) is 11.4 Å². The molecule has 0 unspecified atom stereocenters. The van der Waals surface area contributed by atoms with Gasteiger partial charge in [0.05, 0.1) is 11.4 Å². The van der Waals surface area contributed by atoms with Crippen molar-refractivity contribution in [1.29, 1.82) is 0 Å². The number of rotatable bonds is 8. The van der Waals surface area contributed by atoms with Crippen molar-refractivity contribution < 1.29 is 9.59 Å². The van der Waals surface area contributed by atoms with Crippen molar-refractivity contribution in [1.82, 2.24) is 0 Å². The Hall–Kier alpha value is -3.14. The third-order valence-electron chi connectivity index (χ3n) is 6.92. The molecule has 0 saturated carbocycles. The molecule has 0 atom stereocenters. The lowest BCUT2D eigenvalue weighted by Crippen LogP contribution is -2.31. The highest BCUT2D eigenvalue weighted by atomic mass is 16.1. The highest BCUT2D eigenvalue weighted by Crippen LogP contribution is 2.45. The van der Waals surface area contributed by atoms with Crippen LogP contribution in [0.2, 0.25) is 0 Å². The summed E-state index contributed by atoms with van der Waals surface area (Å²) in [6.07, 6.45) is 4.05. The van der Waals surface area contributed by atoms with Crippen LogP contribution in [0.5, 0.6) is 0 Å². The summed E-state index contributed by atoms with van der Waals surface area (Å²) in [5, 5.41) is 0. The molecule has 4 heteroatoms. The first-order chi connectivity index (χ1) is 16.9. The average molecular weight is 487 g/mol. The summed E-state index contributed by atoms with van der Waals surface area (Å²) >= 11 is 0. The molecule has 0 N–H and O–H groups in total. The number of benzene rings is 2. The molecule has 3 rings (SSSR count). The minimum absolute atomic E-state index is 0.224. The second-order valence-corrected chi connectivity index (χ2v) is 11.0. The fourth-order valence-electron chi connectivity index (χ4n) is 5.14. The fraction of sp³-hybridized carbons (Fsp3) is 0.438. The summed E-state index contributed by atoms with van der Waals surface area (Å²) < 4.78 is 0. The van der Waals surface area contributed by atoms with E-state index in [9.17, 15) is 9.59 Å². The van der Waals surface area contributed by atoms with Crippen LogP contribution in [0, 0.1) is 0 Å². The minimum Gasteiger partial charge on any atom is -0.300 e. The van der Waals surface area contributed by atoms with Crippen molar-refractivity contribution in [3.05, 3.63) is 82.4 Å². The van der Waals surface area contributed by atoms with Crippen LogP contribution in [0.4, 0.5) is 11.4 Å². The lowest BCUT2D eigenvalue weighted by Gasteiger charge is -2.34. The summed E-state index contributed by atoms with van der Waals surface area (Å²) in [6.45, 7) is 20.5. The maximum absolute atomic E-state index is 13.0. The molecular weight excluding hydrogens is 444 g/mol. The largest absolute Gasteiger partial charge is 0.300 e. The first-order valence-electron chi connectivity index (χ1n) is 13.2. The molecule has 0 bridgehead atoms. The van der Waals surface area contributed by atoms with Gasteiger partial charge in [0, 0.05) is 12.4 Å². The first-order valence-corrected chi connectivity index (χ1v) is 13.2. The molecule has 1 heterocycles. The average Bonchev–Trinajstić information content (AvgIpc) is 3.20. The molecule has 192 valence electrons. The quantitative estimate of drug-likeness (QED) is 0.213. The van der Waals surface area contributed by atoms with E-state index in [4.69, 9.17) is 0 Å². The monoisotopic (exact) mass is 486 g/mol. The zero-order valence-electron chi connectivity index (χ0n) is 23.6. The topological polar surface area (TPSA) is 40.6 Å². The summed E-state index contributed by atoms with van der Waals surface area (Å²) in [4.78, 5) is 30.3. The van der Waals surface area contributed by atoms with Crippen molar-refractivity contribution in [2.45, 2.75) is 92.9 Å². The number of nitrogens with zero attached hydrogens (tertiary/aromatic N) is 2. The number of hydrogen-bond donors (Lipinski definition) is 0. The maximum Gasteiger partial charge on any atom is 0.167 e. The van der Waals surface area contributed by atoms with E-state index in [0.29, 0.717) is 5.82 Å². The molecular formula is C32H42N2O2. The Kier molecular flexibility index (Phi) is 8.28. The molecule has 4 nitrogen and oxygen atoms in total. The summed E-state index contributed by atoms with van der Waals surface area (Å²) in [6, 6.07) is 12.8. The van der Waals surface area contributed by atoms with Gasteiger partial charge in [0.1, 0.15) is 11.4 Å². The van der Waals surface area contributed by atoms with E-state index in [1.165, 1.54) is 36.1 Å². The van der Waals surface area contributed by atoms with Crippen molar-refractivity contribution >= 4 is 22.9 Å². The summed E-state index contributed by atoms with van der Waals surface area (Å²) in [5.41, 5.74) is 7.11. The van der Waals surface area contributed by atoms with Crippen LogP contribution in [0.3, 0.4) is 0 Å². The third-order valence-corrected chi connectivity index (χ3v) is 6.92. The normalized spacial score (nSPS) is 13.7. The third kappa shape index (κ3) is 5.04. The van der Waals surface area contributed by atoms with Gasteiger partial charge in [-0.1, -0.05) is 91.8 Å². The van der Waals surface area contributed by atoms with Gasteiger partial charge < -0.3 is 9.80 Å². The number of carbonyl (C=O) groups is 2. The van der Waals surface area contributed by atoms with Crippen LogP contribution in [-0.2, 0) is 9.59 Å². The molecule has 0 amide bonds. The molecule has 0 spiro atoms. The number of carbonyl (C=O) groups excluding carboxylic acids is 2. The molecule has 0 aliphatic carbocycles. The van der Waals surface area contributed by atoms with Gasteiger partial charge >= 0.3 is 0 Å². The zero-order chi connectivity index (χ0) is 26.9. The van der Waals surface area contributed by atoms with Crippen molar-refractivity contribution in [2.75, 3.05) is 9.80 Å². The number of anilines is 2. The van der Waals surface area contributed by atoms with Crippen LogP contribution >= 0.6 is 0 Å². The molecule has 2 aromatic carbocycles. The van der Waals surface area contributed by atoms with Gasteiger partial charge in [0.25, 0.3) is 0 Å². The van der Waals surface area contributed by atoms with E-state index >= 15 is 0 Å². The van der Waals surface area contributed by atoms with Crippen molar-refractivity contribution in [3.8, 4) is 0 Å². The van der Waals surface area contributed by atoms with E-state index in [1.807, 2.05) is 12.4 Å². The van der Waals surface area contributed by atoms with Crippen LogP contribution in [-0.4, -0.2) is 11.6 Å². The predicted octanol–water partition coefficient (Wildman–Crippen LogP) is 8.37. The van der Waals surface area contributed by atoms with Gasteiger partial charge in [-0.15, -0.1) is 0 Å². The number of para-hydroxylation sites is 2. The lowest BCUT2D eigenvalue weighted by atomic mass is 9.91. The molecule has 1 aliphatic heterocycles. The van der Waals surface area contributed by atoms with Gasteiger partial charge in [0.2, 0.25) is 0 Å². The molecule has 36 heavy (non-hydrogen) atoms. The Bertz CT molecular complexity index is 1070. The van der Waals surface area contributed by atoms with E-state index in [1.54, 1.807) is 0 Å². The highest BCUT2D eigenvalue weighted by Gasteiger charge is 2.35. The molecule has 1 aliphatic rings. The van der Waals surface area contributed by atoms with Crippen LogP contribution in [0.1, 0.15) is 115 Å². The van der Waals surface area contributed by atoms with Gasteiger partial charge in [0.15, 0.2) is 11.6 Å². The Morgan fingerprint density at radius 2 is 0.833 bits per heavy atom. The Balaban J connectivity index is 2.45. The van der Waals surface area contributed by atoms with Gasteiger partial charge in [-0.25, -0.2) is 0 Å². The lowest BCUT2D eigenvalue weighted by molar-refractivity contribution is -0.119. The summed E-state index contributed by atoms with van der Waals surface area (Å²) in [7, 11) is 0. The smallest absolute Gasteiger partial charge is 0.167 e. The van der Waals surface area contributed by atoms with Crippen molar-refractivity contribution in [3.63, 3.8) is 0 Å². The van der Waals surface area contributed by atoms with Gasteiger partial charge in [-0.05, 0) is 59.8 Å². The van der Waals surface area contributed by atoms with Gasteiger partial charge in [-0.3, -0.25) is 9.59 Å². The SMILES string of the molecule is CC(=O)C(C(C)=O)=C1N(c2c(C(C)C)cccc2C(C)C)C=CN1c1c(C(C)C)cccc1C(C)C. The Labute approximate surface area is 217 Å². The Morgan fingerprint density at radius 1 is 0.556 bits per heavy atom. The van der Waals surface area contributed by atoms with E-state index in [-0.39, 0.29) is 40.8 Å². The molecule has 0 fully saturated rings. The fourth-order valence-corrected chi connectivity index (χ4v) is 5.14. The second-order valence-electron chi connectivity index (χ2n) is 11.0. The van der Waals surface area contributed by atoms with Crippen LogP contribution < -0.4 is 9.80 Å². The van der Waals surface area contributed by atoms with E-state index in [2.05, 4.69) is 102 Å². The number of allylic oxidation sites excluding steroid dienone is 1. The summed E-state index contributed by atoms with van der Waals surface area (Å²) in [5.74, 6) is 1.27. The minimum atomic E-state index is -0.225. The second kappa shape index (κ2) is 10.9. The zero-order valence-corrected chi connectivity index (χ0v) is 23.6. The number of Topliss-reactive ketones (excluding diaryl/α,β-unsaturated/α-hetero) is 2. The van der Waals surface area contributed by atoms with Crippen molar-refractivity contribution in [2.24, 2.45) is 0 Å². The van der Waals surface area contributed by atoms with E-state index < -0.39 is 0 Å². The molecule has 0 saturated heterocycles. The first kappa shape index (κ1) is 27.4. The molecule has 0 aromatic heterocycles. The Morgan fingerprint density at radius 3 is 1.06 bits per heavy atom. The number of ketones is 2. The van der Waals surface area contributed by atoms with Gasteiger partial charge in [-0.2, -0.15) is 0 Å². The predicted molar refractivity (Wildman–Crippen MR) is 152 cm³/mol. The standard InChI is InChI=1S/C32H42N2O2/c1-19(2)25-13-11-14-26(20(3)4)30(25)33-17-18-34(32(33)29(23(9)35)24(10)36)31-27(21(5)6)15-12-16-28(31)22(7)8/h11-22H,1-10H3. The molecule has 2 aromatic rings. The van der Waals surface area contributed by atoms with Crippen LogP contribution in [0.25, 0.3) is 0 Å². The number of hydrogen-bond acceptors (Lipinski definition) is 4. The van der Waals surface area contributed by atoms with Crippen LogP contribution in [0.15, 0.2) is 60.2 Å². The molecule has 0 radical (unpaired) electrons. The maximum atomic E-state index is 13.0. The highest BCUT2D eigenvalue weighted by molar-refractivity contribution is 6.20.